The van der Waals surface area contributed by atoms with Crippen LogP contribution in [0.4, 0.5) is 11.6 Å². The quantitative estimate of drug-likeness (QED) is 0.586. The maximum absolute atomic E-state index is 9.16. The Bertz CT molecular complexity index is 293. The van der Waals surface area contributed by atoms with E-state index in [-0.39, 0.29) is 11.6 Å². The van der Waals surface area contributed by atoms with E-state index in [1.165, 1.54) is 6.20 Å². The summed E-state index contributed by atoms with van der Waals surface area (Å²) < 4.78 is 4.87. The molecule has 1 aromatic heterocycles. The van der Waals surface area contributed by atoms with E-state index < -0.39 is 0 Å². The Morgan fingerprint density at radius 1 is 1.64 bits per heavy atom. The van der Waals surface area contributed by atoms with Gasteiger partial charge in [0.2, 0.25) is 11.8 Å². The lowest BCUT2D eigenvalue weighted by Gasteiger charge is -2.04. The molecule has 4 N–H and O–H groups in total. The zero-order chi connectivity index (χ0) is 10.4. The molecule has 0 atom stereocenters. The van der Waals surface area contributed by atoms with Gasteiger partial charge in [-0.05, 0) is 6.42 Å². The van der Waals surface area contributed by atoms with Gasteiger partial charge in [0.15, 0.2) is 0 Å². The van der Waals surface area contributed by atoms with Crippen molar-refractivity contribution in [3.63, 3.8) is 0 Å². The third-order valence-electron chi connectivity index (χ3n) is 1.60. The number of nitrogens with zero attached hydrogens (tertiary/aromatic N) is 2. The summed E-state index contributed by atoms with van der Waals surface area (Å²) >= 11 is 0. The third kappa shape index (κ3) is 3.06. The first-order valence-corrected chi connectivity index (χ1v) is 4.28. The SMILES string of the molecule is COCCCNc1ncc(N)c(O)n1. The van der Waals surface area contributed by atoms with Crippen molar-refractivity contribution in [2.75, 3.05) is 31.3 Å². The average Bonchev–Trinajstić information content (AvgIpc) is 2.18. The first-order chi connectivity index (χ1) is 6.74. The van der Waals surface area contributed by atoms with E-state index in [2.05, 4.69) is 15.3 Å². The standard InChI is InChI=1S/C8H14N4O2/c1-14-4-2-3-10-8-11-5-6(9)7(13)12-8/h5H,2-4,9H2,1H3,(H2,10,11,12,13). The maximum atomic E-state index is 9.16. The van der Waals surface area contributed by atoms with Crippen LogP contribution in [-0.2, 0) is 4.74 Å². The highest BCUT2D eigenvalue weighted by molar-refractivity contribution is 5.47. The molecule has 14 heavy (non-hydrogen) atoms. The zero-order valence-electron chi connectivity index (χ0n) is 8.03. The van der Waals surface area contributed by atoms with Crippen molar-refractivity contribution >= 4 is 11.6 Å². The molecule has 0 aromatic carbocycles. The molecule has 0 bridgehead atoms. The molecule has 1 rings (SSSR count). The summed E-state index contributed by atoms with van der Waals surface area (Å²) in [5.74, 6) is 0.169. The number of hydrogen-bond acceptors (Lipinski definition) is 6. The first kappa shape index (κ1) is 10.5. The lowest BCUT2D eigenvalue weighted by atomic mass is 10.4. The van der Waals surface area contributed by atoms with Crippen molar-refractivity contribution in [2.45, 2.75) is 6.42 Å². The van der Waals surface area contributed by atoms with Crippen LogP contribution in [0.15, 0.2) is 6.20 Å². The Hall–Kier alpha value is -1.56. The molecule has 0 aliphatic carbocycles. The van der Waals surface area contributed by atoms with Gasteiger partial charge in [0.1, 0.15) is 5.69 Å². The van der Waals surface area contributed by atoms with Crippen LogP contribution in [0.25, 0.3) is 0 Å². The minimum Gasteiger partial charge on any atom is -0.492 e. The second-order valence-electron chi connectivity index (χ2n) is 2.75. The number of aromatic nitrogens is 2. The molecule has 0 amide bonds. The molecular weight excluding hydrogens is 184 g/mol. The molecule has 0 unspecified atom stereocenters. The van der Waals surface area contributed by atoms with Crippen LogP contribution in [0, 0.1) is 0 Å². The minimum absolute atomic E-state index is 0.174. The van der Waals surface area contributed by atoms with E-state index in [4.69, 9.17) is 15.6 Å². The third-order valence-corrected chi connectivity index (χ3v) is 1.60. The molecule has 0 spiro atoms. The number of nitrogen functional groups attached to an aromatic ring is 1. The van der Waals surface area contributed by atoms with Crippen LogP contribution in [0.2, 0.25) is 0 Å². The molecule has 1 aromatic rings. The van der Waals surface area contributed by atoms with Gasteiger partial charge in [-0.25, -0.2) is 4.98 Å². The van der Waals surface area contributed by atoms with E-state index in [9.17, 15) is 0 Å². The number of anilines is 2. The van der Waals surface area contributed by atoms with Gasteiger partial charge < -0.3 is 20.9 Å². The molecule has 6 nitrogen and oxygen atoms in total. The molecule has 0 radical (unpaired) electrons. The summed E-state index contributed by atoms with van der Waals surface area (Å²) in [7, 11) is 1.64. The lowest BCUT2D eigenvalue weighted by molar-refractivity contribution is 0.197. The van der Waals surface area contributed by atoms with Gasteiger partial charge >= 0.3 is 0 Å². The molecule has 0 saturated carbocycles. The van der Waals surface area contributed by atoms with Crippen LogP contribution in [0.1, 0.15) is 6.42 Å². The molecule has 6 heteroatoms. The van der Waals surface area contributed by atoms with Gasteiger partial charge in [-0.2, -0.15) is 4.98 Å². The summed E-state index contributed by atoms with van der Waals surface area (Å²) in [5, 5.41) is 12.1. The molecule has 0 saturated heterocycles. The molecule has 1 heterocycles. The molecule has 0 aliphatic heterocycles. The van der Waals surface area contributed by atoms with Crippen molar-refractivity contribution < 1.29 is 9.84 Å². The molecule has 78 valence electrons. The highest BCUT2D eigenvalue weighted by Gasteiger charge is 2.00. The maximum Gasteiger partial charge on any atom is 0.239 e. The van der Waals surface area contributed by atoms with Crippen LogP contribution in [0.5, 0.6) is 5.88 Å². The lowest BCUT2D eigenvalue weighted by Crippen LogP contribution is -2.07. The van der Waals surface area contributed by atoms with Crippen LogP contribution in [-0.4, -0.2) is 35.3 Å². The van der Waals surface area contributed by atoms with Gasteiger partial charge in [-0.3, -0.25) is 0 Å². The van der Waals surface area contributed by atoms with E-state index >= 15 is 0 Å². The van der Waals surface area contributed by atoms with Crippen LogP contribution < -0.4 is 11.1 Å². The van der Waals surface area contributed by atoms with Gasteiger partial charge in [0.25, 0.3) is 0 Å². The van der Waals surface area contributed by atoms with Crippen LogP contribution in [0.3, 0.4) is 0 Å². The second-order valence-corrected chi connectivity index (χ2v) is 2.75. The van der Waals surface area contributed by atoms with Gasteiger partial charge in [0.05, 0.1) is 6.20 Å². The Morgan fingerprint density at radius 2 is 2.43 bits per heavy atom. The largest absolute Gasteiger partial charge is 0.492 e. The summed E-state index contributed by atoms with van der Waals surface area (Å²) in [6, 6.07) is 0. The number of methoxy groups -OCH3 is 1. The average molecular weight is 198 g/mol. The molecule has 0 fully saturated rings. The monoisotopic (exact) mass is 198 g/mol. The fourth-order valence-electron chi connectivity index (χ4n) is 0.884. The Morgan fingerprint density at radius 3 is 3.07 bits per heavy atom. The van der Waals surface area contributed by atoms with E-state index in [0.717, 1.165) is 6.42 Å². The predicted molar refractivity (Wildman–Crippen MR) is 53.1 cm³/mol. The summed E-state index contributed by atoms with van der Waals surface area (Å²) in [6.07, 6.45) is 2.21. The van der Waals surface area contributed by atoms with Gasteiger partial charge in [-0.1, -0.05) is 0 Å². The number of nitrogens with one attached hydrogen (secondary N) is 1. The Kier molecular flexibility index (Phi) is 3.93. The molecule has 0 aliphatic rings. The summed E-state index contributed by atoms with van der Waals surface area (Å²) in [5.41, 5.74) is 5.52. The van der Waals surface area contributed by atoms with Crippen molar-refractivity contribution in [3.8, 4) is 5.88 Å². The summed E-state index contributed by atoms with van der Waals surface area (Å²) in [4.78, 5) is 7.63. The number of ether oxygens (including phenoxy) is 1. The first-order valence-electron chi connectivity index (χ1n) is 4.28. The summed E-state index contributed by atoms with van der Waals surface area (Å²) in [6.45, 7) is 1.37. The fourth-order valence-corrected chi connectivity index (χ4v) is 0.884. The highest BCUT2D eigenvalue weighted by atomic mass is 16.5. The van der Waals surface area contributed by atoms with Gasteiger partial charge in [0, 0.05) is 20.3 Å². The Balaban J connectivity index is 2.39. The topological polar surface area (TPSA) is 93.3 Å². The van der Waals surface area contributed by atoms with E-state index in [0.29, 0.717) is 19.1 Å². The number of nitrogens with two attached hydrogens (primary N) is 1. The highest BCUT2D eigenvalue weighted by Crippen LogP contribution is 2.15. The number of rotatable bonds is 5. The van der Waals surface area contributed by atoms with E-state index in [1.54, 1.807) is 7.11 Å². The smallest absolute Gasteiger partial charge is 0.239 e. The number of hydrogen-bond donors (Lipinski definition) is 3. The minimum atomic E-state index is -0.200. The second kappa shape index (κ2) is 5.23. The van der Waals surface area contributed by atoms with Crippen molar-refractivity contribution in [1.82, 2.24) is 9.97 Å². The van der Waals surface area contributed by atoms with Gasteiger partial charge in [-0.15, -0.1) is 0 Å². The van der Waals surface area contributed by atoms with Crippen LogP contribution >= 0.6 is 0 Å². The van der Waals surface area contributed by atoms with Crippen molar-refractivity contribution in [2.24, 2.45) is 0 Å². The van der Waals surface area contributed by atoms with Crippen molar-refractivity contribution in [1.29, 1.82) is 0 Å². The number of aromatic hydroxyl groups is 1. The fraction of sp³-hybridized carbons (Fsp3) is 0.500. The zero-order valence-corrected chi connectivity index (χ0v) is 8.03. The normalized spacial score (nSPS) is 10.1. The predicted octanol–water partition coefficient (Wildman–Crippen LogP) is 0.213. The molecular formula is C8H14N4O2. The van der Waals surface area contributed by atoms with Crippen molar-refractivity contribution in [3.05, 3.63) is 6.20 Å². The van der Waals surface area contributed by atoms with E-state index in [1.807, 2.05) is 0 Å². The Labute approximate surface area is 82.1 Å².